The van der Waals surface area contributed by atoms with Gasteiger partial charge in [-0.3, -0.25) is 0 Å². The first-order valence-electron chi connectivity index (χ1n) is 4.87. The van der Waals surface area contributed by atoms with Crippen LogP contribution in [-0.2, 0) is 0 Å². The molecule has 0 saturated carbocycles. The minimum atomic E-state index is 0.485. The molecule has 1 nitrogen and oxygen atoms in total. The summed E-state index contributed by atoms with van der Waals surface area (Å²) in [5.41, 5.74) is 2.66. The summed E-state index contributed by atoms with van der Waals surface area (Å²) in [6, 6.07) is 10.6. The Hall–Kier alpha value is -1.68. The van der Waals surface area contributed by atoms with Gasteiger partial charge in [-0.2, -0.15) is 0 Å². The van der Waals surface area contributed by atoms with Crippen LogP contribution in [0.2, 0.25) is 0 Å². The Morgan fingerprint density at radius 1 is 1.14 bits per heavy atom. The second-order valence-corrected chi connectivity index (χ2v) is 3.82. The fraction of sp³-hybridized carbons (Fsp3) is 0.231. The largest absolute Gasteiger partial charge is 0.366 e. The summed E-state index contributed by atoms with van der Waals surface area (Å²) in [6.45, 7) is 0. The molecular weight excluding hydrogens is 170 g/mol. The van der Waals surface area contributed by atoms with E-state index in [1.165, 1.54) is 11.3 Å². The number of allylic oxidation sites excluding steroid dienone is 2. The van der Waals surface area contributed by atoms with Crippen molar-refractivity contribution >= 4 is 5.69 Å². The van der Waals surface area contributed by atoms with E-state index in [1.54, 1.807) is 0 Å². The third kappa shape index (κ3) is 0.858. The van der Waals surface area contributed by atoms with Crippen LogP contribution in [0.3, 0.4) is 0 Å². The van der Waals surface area contributed by atoms with E-state index in [1.807, 2.05) is 6.07 Å². The summed E-state index contributed by atoms with van der Waals surface area (Å²) >= 11 is 0. The van der Waals surface area contributed by atoms with Crippen LogP contribution < -0.4 is 4.90 Å². The molecule has 1 aliphatic carbocycles. The van der Waals surface area contributed by atoms with Crippen LogP contribution in [0.5, 0.6) is 0 Å². The van der Waals surface area contributed by atoms with E-state index in [9.17, 15) is 0 Å². The molecule has 1 aromatic rings. The Labute approximate surface area is 84.4 Å². The predicted octanol–water partition coefficient (Wildman–Crippen LogP) is 2.31. The second kappa shape index (κ2) is 2.65. The van der Waals surface area contributed by atoms with E-state index in [0.29, 0.717) is 12.0 Å². The molecule has 0 spiro atoms. The molecule has 0 radical (unpaired) electrons. The lowest BCUT2D eigenvalue weighted by molar-refractivity contribution is 0.723. The van der Waals surface area contributed by atoms with E-state index in [2.05, 4.69) is 54.5 Å². The highest BCUT2D eigenvalue weighted by molar-refractivity contribution is 5.63. The van der Waals surface area contributed by atoms with Gasteiger partial charge < -0.3 is 4.90 Å². The van der Waals surface area contributed by atoms with Gasteiger partial charge in [0, 0.05) is 24.7 Å². The molecule has 3 rings (SSSR count). The lowest BCUT2D eigenvalue weighted by atomic mass is 9.92. The third-order valence-electron chi connectivity index (χ3n) is 3.11. The van der Waals surface area contributed by atoms with E-state index in [-0.39, 0.29) is 0 Å². The van der Waals surface area contributed by atoms with Crippen LogP contribution >= 0.6 is 0 Å². The van der Waals surface area contributed by atoms with E-state index >= 15 is 0 Å². The van der Waals surface area contributed by atoms with Crippen molar-refractivity contribution in [2.24, 2.45) is 0 Å². The van der Waals surface area contributed by atoms with Crippen molar-refractivity contribution in [3.63, 3.8) is 0 Å². The minimum absolute atomic E-state index is 0.485. The van der Waals surface area contributed by atoms with Gasteiger partial charge in [-0.15, -0.1) is 0 Å². The molecule has 0 amide bonds. The van der Waals surface area contributed by atoms with Crippen LogP contribution in [0.25, 0.3) is 0 Å². The molecule has 1 heterocycles. The average Bonchev–Trinajstić information content (AvgIpc) is 2.55. The molecule has 0 bridgehead atoms. The fourth-order valence-electron chi connectivity index (χ4n) is 2.37. The Morgan fingerprint density at radius 2 is 1.93 bits per heavy atom. The van der Waals surface area contributed by atoms with Gasteiger partial charge in [0.15, 0.2) is 0 Å². The van der Waals surface area contributed by atoms with Gasteiger partial charge in [0.05, 0.1) is 6.04 Å². The van der Waals surface area contributed by atoms with Crippen molar-refractivity contribution in [3.8, 4) is 0 Å². The first-order valence-corrected chi connectivity index (χ1v) is 4.87. The third-order valence-corrected chi connectivity index (χ3v) is 3.11. The molecule has 1 aromatic carbocycles. The number of fused-ring (bicyclic) bond motifs is 3. The van der Waals surface area contributed by atoms with Crippen LogP contribution in [-0.4, -0.2) is 13.1 Å². The van der Waals surface area contributed by atoms with E-state index in [4.69, 9.17) is 0 Å². The topological polar surface area (TPSA) is 3.24 Å². The molecular formula is C13H11N. The standard InChI is InChI=1S/C13H11N/c1-14-12-8-4-2-6-10(12)11-7-3-5-9-13(11)14/h2,4,6-10,12H,1H3. The molecule has 1 heteroatoms. The monoisotopic (exact) mass is 181 g/mol. The first kappa shape index (κ1) is 7.70. The quantitative estimate of drug-likeness (QED) is 0.593. The number of hydrogen-bond acceptors (Lipinski definition) is 1. The van der Waals surface area contributed by atoms with Crippen molar-refractivity contribution < 1.29 is 0 Å². The molecule has 0 saturated heterocycles. The molecule has 0 N–H and O–H groups in total. The summed E-state index contributed by atoms with van der Waals surface area (Å²) < 4.78 is 0. The maximum Gasteiger partial charge on any atom is 0.0577 e. The number of hydrogen-bond donors (Lipinski definition) is 0. The van der Waals surface area contributed by atoms with Gasteiger partial charge in [-0.05, 0) is 11.6 Å². The smallest absolute Gasteiger partial charge is 0.0577 e. The first-order chi connectivity index (χ1) is 6.88. The molecule has 0 fully saturated rings. The maximum absolute atomic E-state index is 3.04. The minimum Gasteiger partial charge on any atom is -0.366 e. The highest BCUT2D eigenvalue weighted by atomic mass is 15.2. The fourth-order valence-corrected chi connectivity index (χ4v) is 2.37. The summed E-state index contributed by atoms with van der Waals surface area (Å²) in [4.78, 5) is 2.31. The van der Waals surface area contributed by atoms with Gasteiger partial charge in [-0.25, -0.2) is 0 Å². The van der Waals surface area contributed by atoms with Gasteiger partial charge in [-0.1, -0.05) is 36.4 Å². The molecule has 2 unspecified atom stereocenters. The lowest BCUT2D eigenvalue weighted by Gasteiger charge is -2.23. The zero-order valence-electron chi connectivity index (χ0n) is 8.07. The number of likely N-dealkylation sites (N-methyl/N-ethyl adjacent to an activating group) is 1. The van der Waals surface area contributed by atoms with E-state index in [0.717, 1.165) is 0 Å². The highest BCUT2D eigenvalue weighted by Crippen LogP contribution is 2.41. The van der Waals surface area contributed by atoms with E-state index < -0.39 is 0 Å². The number of anilines is 1. The van der Waals surface area contributed by atoms with Crippen molar-refractivity contribution in [2.45, 2.75) is 12.0 Å². The Balaban J connectivity index is 2.17. The second-order valence-electron chi connectivity index (χ2n) is 3.82. The highest BCUT2D eigenvalue weighted by Gasteiger charge is 2.33. The normalized spacial score (nSPS) is 27.1. The number of rotatable bonds is 0. The van der Waals surface area contributed by atoms with Crippen LogP contribution in [0.15, 0.2) is 36.4 Å². The molecule has 14 heavy (non-hydrogen) atoms. The van der Waals surface area contributed by atoms with Crippen molar-refractivity contribution in [3.05, 3.63) is 54.1 Å². The van der Waals surface area contributed by atoms with Gasteiger partial charge in [0.25, 0.3) is 0 Å². The SMILES string of the molecule is CN1c2cc#ccc2C2C=CC=CC21. The molecule has 1 aliphatic heterocycles. The lowest BCUT2D eigenvalue weighted by Crippen LogP contribution is -2.28. The predicted molar refractivity (Wildman–Crippen MR) is 57.3 cm³/mol. The zero-order chi connectivity index (χ0) is 9.54. The molecule has 2 atom stereocenters. The van der Waals surface area contributed by atoms with Crippen molar-refractivity contribution in [1.82, 2.24) is 0 Å². The number of nitrogens with zero attached hydrogens (tertiary/aromatic N) is 1. The summed E-state index contributed by atoms with van der Waals surface area (Å²) in [5, 5.41) is 0. The Morgan fingerprint density at radius 3 is 2.86 bits per heavy atom. The summed E-state index contributed by atoms with van der Waals surface area (Å²) in [6.07, 6.45) is 8.77. The maximum atomic E-state index is 3.04. The Kier molecular flexibility index (Phi) is 1.46. The molecule has 68 valence electrons. The Bertz CT molecular complexity index is 417. The van der Waals surface area contributed by atoms with Crippen molar-refractivity contribution in [1.29, 1.82) is 0 Å². The van der Waals surface area contributed by atoms with Crippen molar-refractivity contribution in [2.75, 3.05) is 11.9 Å². The molecule has 2 aliphatic rings. The van der Waals surface area contributed by atoms with Crippen LogP contribution in [0.4, 0.5) is 5.69 Å². The van der Waals surface area contributed by atoms with Gasteiger partial charge in [0.2, 0.25) is 0 Å². The average molecular weight is 181 g/mol. The zero-order valence-corrected chi connectivity index (χ0v) is 8.07. The van der Waals surface area contributed by atoms with Crippen LogP contribution in [0.1, 0.15) is 11.5 Å². The summed E-state index contributed by atoms with van der Waals surface area (Å²) in [7, 11) is 2.14. The molecule has 0 aromatic heterocycles. The van der Waals surface area contributed by atoms with Gasteiger partial charge in [0.1, 0.15) is 0 Å². The van der Waals surface area contributed by atoms with Gasteiger partial charge >= 0.3 is 0 Å². The summed E-state index contributed by atoms with van der Waals surface area (Å²) in [5.74, 6) is 0.505. The van der Waals surface area contributed by atoms with Crippen LogP contribution in [0, 0.1) is 12.1 Å².